The number of hydrogen-bond donors (Lipinski definition) is 1. The highest BCUT2D eigenvalue weighted by Crippen LogP contribution is 2.23. The van der Waals surface area contributed by atoms with Gasteiger partial charge in [-0.05, 0) is 44.8 Å². The van der Waals surface area contributed by atoms with Crippen LogP contribution in [0.25, 0.3) is 0 Å². The zero-order valence-electron chi connectivity index (χ0n) is 13.8. The second-order valence-corrected chi connectivity index (χ2v) is 6.33. The molecule has 3 rings (SSSR count). The third-order valence-electron chi connectivity index (χ3n) is 4.76. The lowest BCUT2D eigenvalue weighted by molar-refractivity contribution is 0.173. The number of halogens is 2. The van der Waals surface area contributed by atoms with Crippen molar-refractivity contribution in [3.05, 3.63) is 51.7 Å². The summed E-state index contributed by atoms with van der Waals surface area (Å²) in [5.41, 5.74) is 0.243. The number of rotatable bonds is 5. The van der Waals surface area contributed by atoms with Crippen LogP contribution in [0.3, 0.4) is 0 Å². The first-order chi connectivity index (χ1) is 11.6. The van der Waals surface area contributed by atoms with Gasteiger partial charge in [0.2, 0.25) is 0 Å². The van der Waals surface area contributed by atoms with E-state index < -0.39 is 11.6 Å². The molecular formula is C17H22F2N4O. The zero-order valence-corrected chi connectivity index (χ0v) is 13.8. The van der Waals surface area contributed by atoms with E-state index in [2.05, 4.69) is 15.1 Å². The largest absolute Gasteiger partial charge is 0.343 e. The summed E-state index contributed by atoms with van der Waals surface area (Å²) in [6, 6.07) is 4.32. The molecule has 1 aromatic heterocycles. The summed E-state index contributed by atoms with van der Waals surface area (Å²) < 4.78 is 28.7. The maximum Gasteiger partial charge on any atom is 0.343 e. The van der Waals surface area contributed by atoms with Gasteiger partial charge in [-0.15, -0.1) is 0 Å². The number of piperidine rings is 1. The Morgan fingerprint density at radius 3 is 2.75 bits per heavy atom. The van der Waals surface area contributed by atoms with Crippen LogP contribution < -0.4 is 5.69 Å². The van der Waals surface area contributed by atoms with Gasteiger partial charge in [-0.25, -0.2) is 18.7 Å². The third-order valence-corrected chi connectivity index (χ3v) is 4.76. The van der Waals surface area contributed by atoms with Crippen molar-refractivity contribution in [1.29, 1.82) is 0 Å². The molecule has 7 heteroatoms. The first-order valence-electron chi connectivity index (χ1n) is 8.37. The van der Waals surface area contributed by atoms with E-state index in [4.69, 9.17) is 0 Å². The van der Waals surface area contributed by atoms with Crippen molar-refractivity contribution in [3.8, 4) is 0 Å². The quantitative estimate of drug-likeness (QED) is 0.912. The number of aromatic nitrogens is 3. The molecule has 1 saturated heterocycles. The monoisotopic (exact) mass is 336 g/mol. The topological polar surface area (TPSA) is 53.9 Å². The Morgan fingerprint density at radius 2 is 2.04 bits per heavy atom. The summed E-state index contributed by atoms with van der Waals surface area (Å²) >= 11 is 0. The fraction of sp³-hybridized carbons (Fsp3) is 0.529. The SMILES string of the molecule is CCn1c(CC2CCN(Cc3cccc(F)c3F)CC2)n[nH]c1=O. The molecular weight excluding hydrogens is 314 g/mol. The van der Waals surface area contributed by atoms with Crippen LogP contribution >= 0.6 is 0 Å². The van der Waals surface area contributed by atoms with Crippen LogP contribution in [0.5, 0.6) is 0 Å². The lowest BCUT2D eigenvalue weighted by Gasteiger charge is -2.31. The van der Waals surface area contributed by atoms with Crippen molar-refractivity contribution in [3.63, 3.8) is 0 Å². The van der Waals surface area contributed by atoms with E-state index >= 15 is 0 Å². The molecule has 0 saturated carbocycles. The van der Waals surface area contributed by atoms with E-state index in [-0.39, 0.29) is 5.69 Å². The molecule has 1 aliphatic heterocycles. The van der Waals surface area contributed by atoms with Gasteiger partial charge in [0.1, 0.15) is 5.82 Å². The van der Waals surface area contributed by atoms with Crippen molar-refractivity contribution in [2.45, 2.75) is 39.3 Å². The molecule has 0 spiro atoms. The lowest BCUT2D eigenvalue weighted by atomic mass is 9.93. The summed E-state index contributed by atoms with van der Waals surface area (Å²) in [6.07, 6.45) is 2.69. The van der Waals surface area contributed by atoms with E-state index in [0.717, 1.165) is 44.2 Å². The van der Waals surface area contributed by atoms with E-state index in [1.165, 1.54) is 0 Å². The molecule has 1 aliphatic rings. The molecule has 0 aliphatic carbocycles. The number of likely N-dealkylation sites (tertiary alicyclic amines) is 1. The molecule has 1 aromatic carbocycles. The molecule has 1 fully saturated rings. The van der Waals surface area contributed by atoms with E-state index in [9.17, 15) is 13.6 Å². The highest BCUT2D eigenvalue weighted by Gasteiger charge is 2.22. The van der Waals surface area contributed by atoms with Gasteiger partial charge < -0.3 is 0 Å². The number of aromatic amines is 1. The predicted octanol–water partition coefficient (Wildman–Crippen LogP) is 2.32. The van der Waals surface area contributed by atoms with Gasteiger partial charge in [0.05, 0.1) is 0 Å². The number of hydrogen-bond acceptors (Lipinski definition) is 3. The number of H-pyrrole nitrogens is 1. The number of nitrogens with one attached hydrogen (secondary N) is 1. The van der Waals surface area contributed by atoms with E-state index in [1.54, 1.807) is 16.7 Å². The maximum atomic E-state index is 13.8. The Morgan fingerprint density at radius 1 is 1.29 bits per heavy atom. The molecule has 0 bridgehead atoms. The van der Waals surface area contributed by atoms with Gasteiger partial charge in [-0.3, -0.25) is 9.47 Å². The average Bonchev–Trinajstić information content (AvgIpc) is 2.93. The number of benzene rings is 1. The Hall–Kier alpha value is -2.02. The molecule has 0 atom stereocenters. The molecule has 0 amide bonds. The fourth-order valence-corrected chi connectivity index (χ4v) is 3.35. The predicted molar refractivity (Wildman–Crippen MR) is 86.6 cm³/mol. The van der Waals surface area contributed by atoms with Crippen molar-refractivity contribution >= 4 is 0 Å². The zero-order chi connectivity index (χ0) is 17.1. The highest BCUT2D eigenvalue weighted by molar-refractivity contribution is 5.18. The molecule has 130 valence electrons. The van der Waals surface area contributed by atoms with Crippen molar-refractivity contribution in [1.82, 2.24) is 19.7 Å². The lowest BCUT2D eigenvalue weighted by Crippen LogP contribution is -2.34. The maximum absolute atomic E-state index is 13.8. The first kappa shape index (κ1) is 16.8. The Bertz CT molecular complexity index is 747. The van der Waals surface area contributed by atoms with E-state index in [0.29, 0.717) is 24.6 Å². The van der Waals surface area contributed by atoms with Crippen LogP contribution in [0.1, 0.15) is 31.2 Å². The van der Waals surface area contributed by atoms with Crippen LogP contribution in [-0.4, -0.2) is 32.8 Å². The average molecular weight is 336 g/mol. The molecule has 1 N–H and O–H groups in total. The van der Waals surface area contributed by atoms with Crippen LogP contribution in [0.2, 0.25) is 0 Å². The minimum absolute atomic E-state index is 0.161. The van der Waals surface area contributed by atoms with Crippen LogP contribution in [-0.2, 0) is 19.5 Å². The molecule has 2 aromatic rings. The fourth-order valence-electron chi connectivity index (χ4n) is 3.35. The van der Waals surface area contributed by atoms with Gasteiger partial charge in [-0.1, -0.05) is 12.1 Å². The van der Waals surface area contributed by atoms with Gasteiger partial charge in [-0.2, -0.15) is 5.10 Å². The molecule has 2 heterocycles. The number of nitrogens with zero attached hydrogens (tertiary/aromatic N) is 3. The molecule has 0 unspecified atom stereocenters. The summed E-state index contributed by atoms with van der Waals surface area (Å²) in [6.45, 7) is 4.64. The Kier molecular flexibility index (Phi) is 5.08. The minimum Gasteiger partial charge on any atom is -0.299 e. The van der Waals surface area contributed by atoms with Crippen molar-refractivity contribution in [2.24, 2.45) is 5.92 Å². The van der Waals surface area contributed by atoms with E-state index in [1.807, 2.05) is 6.92 Å². The van der Waals surface area contributed by atoms with Gasteiger partial charge in [0.25, 0.3) is 0 Å². The Balaban J connectivity index is 1.56. The smallest absolute Gasteiger partial charge is 0.299 e. The second kappa shape index (κ2) is 7.25. The third kappa shape index (κ3) is 3.56. The van der Waals surface area contributed by atoms with Crippen LogP contribution in [0.4, 0.5) is 8.78 Å². The molecule has 24 heavy (non-hydrogen) atoms. The van der Waals surface area contributed by atoms with Crippen LogP contribution in [0.15, 0.2) is 23.0 Å². The standard InChI is InChI=1S/C17H22F2N4O/c1-2-23-15(20-21-17(23)24)10-12-6-8-22(9-7-12)11-13-4-3-5-14(18)16(13)19/h3-5,12H,2,6-11H2,1H3,(H,21,24). The van der Waals surface area contributed by atoms with Crippen molar-refractivity contribution < 1.29 is 8.78 Å². The first-order valence-corrected chi connectivity index (χ1v) is 8.37. The van der Waals surface area contributed by atoms with Gasteiger partial charge >= 0.3 is 5.69 Å². The molecule has 5 nitrogen and oxygen atoms in total. The summed E-state index contributed by atoms with van der Waals surface area (Å²) in [7, 11) is 0. The summed E-state index contributed by atoms with van der Waals surface area (Å²) in [4.78, 5) is 13.7. The second-order valence-electron chi connectivity index (χ2n) is 6.33. The summed E-state index contributed by atoms with van der Waals surface area (Å²) in [5.74, 6) is -0.280. The van der Waals surface area contributed by atoms with Gasteiger partial charge in [0.15, 0.2) is 11.6 Å². The minimum atomic E-state index is -0.793. The highest BCUT2D eigenvalue weighted by atomic mass is 19.2. The van der Waals surface area contributed by atoms with Crippen LogP contribution in [0, 0.1) is 17.6 Å². The Labute approximate surface area is 139 Å². The molecule has 0 radical (unpaired) electrons. The normalized spacial score (nSPS) is 16.6. The van der Waals surface area contributed by atoms with Gasteiger partial charge in [0, 0.05) is 25.1 Å². The summed E-state index contributed by atoms with van der Waals surface area (Å²) in [5, 5.41) is 6.61. The van der Waals surface area contributed by atoms with Crippen molar-refractivity contribution in [2.75, 3.05) is 13.1 Å².